The van der Waals surface area contributed by atoms with E-state index in [1.165, 1.54) is 12.1 Å². The molecule has 0 heterocycles. The number of ether oxygens (including phenoxy) is 2. The summed E-state index contributed by atoms with van der Waals surface area (Å²) in [5, 5.41) is 0. The highest BCUT2D eigenvalue weighted by atomic mass is 19.1. The van der Waals surface area contributed by atoms with Crippen molar-refractivity contribution in [2.75, 3.05) is 7.11 Å². The summed E-state index contributed by atoms with van der Waals surface area (Å²) < 4.78 is 24.2. The minimum absolute atomic E-state index is 0.335. The second kappa shape index (κ2) is 5.71. The Labute approximate surface area is 111 Å². The van der Waals surface area contributed by atoms with Gasteiger partial charge in [-0.05, 0) is 24.6 Å². The van der Waals surface area contributed by atoms with Gasteiger partial charge >= 0.3 is 0 Å². The van der Waals surface area contributed by atoms with Crippen molar-refractivity contribution in [3.05, 3.63) is 53.3 Å². The average molecular weight is 261 g/mol. The lowest BCUT2D eigenvalue weighted by atomic mass is 10.2. The summed E-state index contributed by atoms with van der Waals surface area (Å²) in [4.78, 5) is 0. The Morgan fingerprint density at radius 3 is 2.58 bits per heavy atom. The van der Waals surface area contributed by atoms with Crippen molar-refractivity contribution < 1.29 is 13.9 Å². The second-order valence-corrected chi connectivity index (χ2v) is 4.19. The van der Waals surface area contributed by atoms with Gasteiger partial charge in [0.15, 0.2) is 0 Å². The zero-order chi connectivity index (χ0) is 13.8. The van der Waals surface area contributed by atoms with Crippen LogP contribution in [0.4, 0.5) is 4.39 Å². The zero-order valence-electron chi connectivity index (χ0n) is 10.9. The molecular formula is C15H16FNO2. The lowest BCUT2D eigenvalue weighted by Gasteiger charge is -2.13. The van der Waals surface area contributed by atoms with Gasteiger partial charge in [-0.15, -0.1) is 0 Å². The number of rotatable bonds is 4. The fourth-order valence-electron chi connectivity index (χ4n) is 1.73. The Morgan fingerprint density at radius 2 is 1.89 bits per heavy atom. The Balaban J connectivity index is 2.38. The molecule has 0 spiro atoms. The fourth-order valence-corrected chi connectivity index (χ4v) is 1.73. The van der Waals surface area contributed by atoms with Crippen LogP contribution >= 0.6 is 0 Å². The van der Waals surface area contributed by atoms with Crippen LogP contribution in [0.1, 0.15) is 11.1 Å². The number of halogens is 1. The summed E-state index contributed by atoms with van der Waals surface area (Å²) in [6, 6.07) is 9.82. The van der Waals surface area contributed by atoms with Crippen molar-refractivity contribution in [1.29, 1.82) is 0 Å². The third-order valence-electron chi connectivity index (χ3n) is 2.86. The van der Waals surface area contributed by atoms with Crippen LogP contribution in [0, 0.1) is 12.7 Å². The summed E-state index contributed by atoms with van der Waals surface area (Å²) in [5.74, 6) is 1.39. The summed E-state index contributed by atoms with van der Waals surface area (Å²) in [6.07, 6.45) is 0. The molecule has 19 heavy (non-hydrogen) atoms. The fraction of sp³-hybridized carbons (Fsp3) is 0.200. The van der Waals surface area contributed by atoms with E-state index in [1.54, 1.807) is 19.2 Å². The molecule has 0 radical (unpaired) electrons. The number of hydrogen-bond acceptors (Lipinski definition) is 3. The van der Waals surface area contributed by atoms with Crippen LogP contribution in [-0.2, 0) is 6.54 Å². The topological polar surface area (TPSA) is 44.5 Å². The van der Waals surface area contributed by atoms with Gasteiger partial charge in [0.05, 0.1) is 7.11 Å². The van der Waals surface area contributed by atoms with Crippen LogP contribution in [0.5, 0.6) is 17.2 Å². The maximum atomic E-state index is 13.2. The zero-order valence-corrected chi connectivity index (χ0v) is 10.9. The monoisotopic (exact) mass is 261 g/mol. The van der Waals surface area contributed by atoms with Gasteiger partial charge in [0.1, 0.15) is 23.1 Å². The second-order valence-electron chi connectivity index (χ2n) is 4.19. The van der Waals surface area contributed by atoms with E-state index in [-0.39, 0.29) is 5.82 Å². The molecule has 0 amide bonds. The Bertz CT molecular complexity index is 584. The van der Waals surface area contributed by atoms with Crippen molar-refractivity contribution in [2.45, 2.75) is 13.5 Å². The van der Waals surface area contributed by atoms with Gasteiger partial charge in [0, 0.05) is 24.2 Å². The highest BCUT2D eigenvalue weighted by Crippen LogP contribution is 2.31. The average Bonchev–Trinajstić information content (AvgIpc) is 2.42. The molecule has 0 saturated heterocycles. The van der Waals surface area contributed by atoms with E-state index in [0.29, 0.717) is 23.8 Å². The van der Waals surface area contributed by atoms with Gasteiger partial charge in [0.2, 0.25) is 0 Å². The number of hydrogen-bond donors (Lipinski definition) is 1. The molecule has 100 valence electrons. The van der Waals surface area contributed by atoms with E-state index in [1.807, 2.05) is 19.1 Å². The lowest BCUT2D eigenvalue weighted by Crippen LogP contribution is -2.00. The van der Waals surface area contributed by atoms with E-state index in [9.17, 15) is 4.39 Å². The van der Waals surface area contributed by atoms with Crippen molar-refractivity contribution in [3.8, 4) is 17.2 Å². The number of nitrogens with two attached hydrogens (primary N) is 1. The summed E-state index contributed by atoms with van der Waals surface area (Å²) in [7, 11) is 1.58. The number of aryl methyl sites for hydroxylation is 1. The molecule has 0 aromatic heterocycles. The van der Waals surface area contributed by atoms with Crippen LogP contribution in [0.25, 0.3) is 0 Å². The Morgan fingerprint density at radius 1 is 1.11 bits per heavy atom. The molecule has 0 aliphatic heterocycles. The van der Waals surface area contributed by atoms with Crippen LogP contribution < -0.4 is 15.2 Å². The first-order valence-electron chi connectivity index (χ1n) is 5.95. The van der Waals surface area contributed by atoms with Crippen molar-refractivity contribution in [2.24, 2.45) is 5.73 Å². The maximum Gasteiger partial charge on any atom is 0.135 e. The SMILES string of the molecule is COc1ccc(CN)c(Oc2cc(F)ccc2C)c1. The van der Waals surface area contributed by atoms with Crippen molar-refractivity contribution >= 4 is 0 Å². The first kappa shape index (κ1) is 13.4. The Hall–Kier alpha value is -2.07. The molecule has 2 aromatic carbocycles. The highest BCUT2D eigenvalue weighted by Gasteiger charge is 2.08. The molecule has 0 fully saturated rings. The molecule has 4 heteroatoms. The minimum Gasteiger partial charge on any atom is -0.497 e. The molecule has 2 N–H and O–H groups in total. The van der Waals surface area contributed by atoms with Crippen molar-refractivity contribution in [3.63, 3.8) is 0 Å². The summed E-state index contributed by atoms with van der Waals surface area (Å²) in [5.41, 5.74) is 7.36. The van der Waals surface area contributed by atoms with Crippen LogP contribution in [0.15, 0.2) is 36.4 Å². The summed E-state index contributed by atoms with van der Waals surface area (Å²) >= 11 is 0. The Kier molecular flexibility index (Phi) is 4.02. The third-order valence-corrected chi connectivity index (χ3v) is 2.86. The van der Waals surface area contributed by atoms with Gasteiger partial charge in [-0.3, -0.25) is 0 Å². The minimum atomic E-state index is -0.335. The van der Waals surface area contributed by atoms with Gasteiger partial charge in [-0.25, -0.2) is 4.39 Å². The standard InChI is InChI=1S/C15H16FNO2/c1-10-3-5-12(16)7-14(10)19-15-8-13(18-2)6-4-11(15)9-17/h3-8H,9,17H2,1-2H3. The molecule has 2 aromatic rings. The molecule has 0 unspecified atom stereocenters. The van der Waals surface area contributed by atoms with Gasteiger partial charge in [-0.1, -0.05) is 12.1 Å². The van der Waals surface area contributed by atoms with E-state index in [2.05, 4.69) is 0 Å². The van der Waals surface area contributed by atoms with Gasteiger partial charge in [-0.2, -0.15) is 0 Å². The lowest BCUT2D eigenvalue weighted by molar-refractivity contribution is 0.407. The maximum absolute atomic E-state index is 13.2. The molecule has 0 aliphatic rings. The van der Waals surface area contributed by atoms with Crippen molar-refractivity contribution in [1.82, 2.24) is 0 Å². The quantitative estimate of drug-likeness (QED) is 0.917. The molecule has 0 atom stereocenters. The van der Waals surface area contributed by atoms with Gasteiger partial charge in [0.25, 0.3) is 0 Å². The molecule has 2 rings (SSSR count). The highest BCUT2D eigenvalue weighted by molar-refractivity contribution is 5.45. The number of benzene rings is 2. The predicted octanol–water partition coefficient (Wildman–Crippen LogP) is 3.39. The smallest absolute Gasteiger partial charge is 0.135 e. The van der Waals surface area contributed by atoms with Gasteiger partial charge < -0.3 is 15.2 Å². The van der Waals surface area contributed by atoms with Crippen LogP contribution in [0.3, 0.4) is 0 Å². The van der Waals surface area contributed by atoms with E-state index in [0.717, 1.165) is 11.1 Å². The predicted molar refractivity (Wildman–Crippen MR) is 72.1 cm³/mol. The molecule has 0 bridgehead atoms. The first-order chi connectivity index (χ1) is 9.13. The van der Waals surface area contributed by atoms with E-state index < -0.39 is 0 Å². The number of methoxy groups -OCH3 is 1. The largest absolute Gasteiger partial charge is 0.497 e. The van der Waals surface area contributed by atoms with E-state index in [4.69, 9.17) is 15.2 Å². The van der Waals surface area contributed by atoms with Crippen LogP contribution in [0.2, 0.25) is 0 Å². The molecular weight excluding hydrogens is 245 g/mol. The molecule has 0 saturated carbocycles. The molecule has 3 nitrogen and oxygen atoms in total. The van der Waals surface area contributed by atoms with E-state index >= 15 is 0 Å². The first-order valence-corrected chi connectivity index (χ1v) is 5.95. The molecule has 0 aliphatic carbocycles. The summed E-state index contributed by atoms with van der Waals surface area (Å²) in [6.45, 7) is 2.20. The third kappa shape index (κ3) is 3.03. The normalized spacial score (nSPS) is 10.3. The van der Waals surface area contributed by atoms with Crippen LogP contribution in [-0.4, -0.2) is 7.11 Å².